The van der Waals surface area contributed by atoms with Crippen LogP contribution in [0.5, 0.6) is 0 Å². The lowest BCUT2D eigenvalue weighted by molar-refractivity contribution is 0.315. The molecule has 0 atom stereocenters. The van der Waals surface area contributed by atoms with Crippen LogP contribution in [0.2, 0.25) is 0 Å². The van der Waals surface area contributed by atoms with Crippen LogP contribution in [-0.2, 0) is 0 Å². The van der Waals surface area contributed by atoms with Crippen LogP contribution in [0.25, 0.3) is 0 Å². The molecule has 0 aromatic carbocycles. The molecule has 2 heteroatoms. The Morgan fingerprint density at radius 3 is 2.44 bits per heavy atom. The molecule has 0 bridgehead atoms. The van der Waals surface area contributed by atoms with E-state index < -0.39 is 0 Å². The minimum absolute atomic E-state index is 0.377. The second-order valence-electron chi connectivity index (χ2n) is 3.51. The second-order valence-corrected chi connectivity index (χ2v) is 3.51. The average Bonchev–Trinajstić information content (AvgIpc) is 2.10. The minimum Gasteiger partial charge on any atom is -0.411 e. The summed E-state index contributed by atoms with van der Waals surface area (Å²) in [6.07, 6.45) is 3.10. The zero-order valence-electron chi connectivity index (χ0n) is 6.02. The Hall–Kier alpha value is -0.530. The van der Waals surface area contributed by atoms with Crippen LogP contribution in [0.1, 0.15) is 33.1 Å². The summed E-state index contributed by atoms with van der Waals surface area (Å²) in [4.78, 5) is 0. The standard InChI is InChI=1S/C7H13NO/c1-7(2)4-3-6(5-7)8-9/h9H,3-5H2,1-2H3/b8-6+. The van der Waals surface area contributed by atoms with Crippen LogP contribution in [0.15, 0.2) is 5.16 Å². The van der Waals surface area contributed by atoms with E-state index in [4.69, 9.17) is 5.21 Å². The molecular formula is C7H13NO. The lowest BCUT2D eigenvalue weighted by Gasteiger charge is -2.13. The maximum atomic E-state index is 8.39. The van der Waals surface area contributed by atoms with Gasteiger partial charge in [0.05, 0.1) is 5.71 Å². The first-order valence-corrected chi connectivity index (χ1v) is 3.34. The Morgan fingerprint density at radius 2 is 2.22 bits per heavy atom. The Labute approximate surface area is 55.6 Å². The normalized spacial score (nSPS) is 29.3. The maximum Gasteiger partial charge on any atom is 0.0576 e. The van der Waals surface area contributed by atoms with Gasteiger partial charge in [-0.1, -0.05) is 19.0 Å². The predicted molar refractivity (Wildman–Crippen MR) is 36.9 cm³/mol. The fraction of sp³-hybridized carbons (Fsp3) is 0.857. The molecule has 9 heavy (non-hydrogen) atoms. The molecular weight excluding hydrogens is 114 g/mol. The molecule has 0 aromatic rings. The highest BCUT2D eigenvalue weighted by Crippen LogP contribution is 2.34. The molecule has 0 amide bonds. The fourth-order valence-electron chi connectivity index (χ4n) is 1.30. The van der Waals surface area contributed by atoms with Crippen LogP contribution in [0.3, 0.4) is 0 Å². The molecule has 52 valence electrons. The zero-order valence-corrected chi connectivity index (χ0v) is 6.02. The van der Waals surface area contributed by atoms with E-state index in [2.05, 4.69) is 19.0 Å². The van der Waals surface area contributed by atoms with Crippen LogP contribution >= 0.6 is 0 Å². The van der Waals surface area contributed by atoms with Crippen LogP contribution in [0.4, 0.5) is 0 Å². The molecule has 0 heterocycles. The Morgan fingerprint density at radius 1 is 1.56 bits per heavy atom. The van der Waals surface area contributed by atoms with Crippen molar-refractivity contribution in [2.75, 3.05) is 0 Å². The smallest absolute Gasteiger partial charge is 0.0576 e. The topological polar surface area (TPSA) is 32.6 Å². The van der Waals surface area contributed by atoms with Crippen molar-refractivity contribution in [1.29, 1.82) is 0 Å². The number of hydrogen-bond acceptors (Lipinski definition) is 2. The van der Waals surface area contributed by atoms with E-state index in [1.54, 1.807) is 0 Å². The molecule has 0 saturated heterocycles. The van der Waals surface area contributed by atoms with Crippen molar-refractivity contribution in [2.45, 2.75) is 33.1 Å². The van der Waals surface area contributed by atoms with E-state index in [9.17, 15) is 0 Å². The molecule has 1 rings (SSSR count). The van der Waals surface area contributed by atoms with Crippen LogP contribution < -0.4 is 0 Å². The third-order valence-corrected chi connectivity index (χ3v) is 1.91. The molecule has 0 radical (unpaired) electrons. The highest BCUT2D eigenvalue weighted by atomic mass is 16.4. The average molecular weight is 127 g/mol. The summed E-state index contributed by atoms with van der Waals surface area (Å²) in [7, 11) is 0. The fourth-order valence-corrected chi connectivity index (χ4v) is 1.30. The summed E-state index contributed by atoms with van der Waals surface area (Å²) in [5, 5.41) is 11.6. The third kappa shape index (κ3) is 1.44. The third-order valence-electron chi connectivity index (χ3n) is 1.91. The van der Waals surface area contributed by atoms with Gasteiger partial charge in [-0.15, -0.1) is 0 Å². The summed E-state index contributed by atoms with van der Waals surface area (Å²) in [5.74, 6) is 0. The minimum atomic E-state index is 0.377. The van der Waals surface area contributed by atoms with Gasteiger partial charge in [0.1, 0.15) is 0 Å². The van der Waals surface area contributed by atoms with Gasteiger partial charge < -0.3 is 5.21 Å². The van der Waals surface area contributed by atoms with Crippen molar-refractivity contribution in [2.24, 2.45) is 10.6 Å². The van der Waals surface area contributed by atoms with Gasteiger partial charge in [0.2, 0.25) is 0 Å². The van der Waals surface area contributed by atoms with E-state index in [0.717, 1.165) is 25.0 Å². The molecule has 0 aromatic heterocycles. The molecule has 1 aliphatic carbocycles. The molecule has 0 spiro atoms. The van der Waals surface area contributed by atoms with Gasteiger partial charge in [-0.25, -0.2) is 0 Å². The van der Waals surface area contributed by atoms with Crippen LogP contribution in [-0.4, -0.2) is 10.9 Å². The summed E-state index contributed by atoms with van der Waals surface area (Å²) in [6.45, 7) is 4.40. The van der Waals surface area contributed by atoms with E-state index in [1.165, 1.54) is 0 Å². The van der Waals surface area contributed by atoms with Gasteiger partial charge in [-0.05, 0) is 24.7 Å². The van der Waals surface area contributed by atoms with Crippen molar-refractivity contribution in [3.63, 3.8) is 0 Å². The quantitative estimate of drug-likeness (QED) is 0.392. The highest BCUT2D eigenvalue weighted by molar-refractivity contribution is 5.86. The Balaban J connectivity index is 2.57. The van der Waals surface area contributed by atoms with Gasteiger partial charge in [-0.3, -0.25) is 0 Å². The van der Waals surface area contributed by atoms with Crippen LogP contribution in [0, 0.1) is 5.41 Å². The molecule has 1 fully saturated rings. The first-order valence-electron chi connectivity index (χ1n) is 3.34. The Bertz CT molecular complexity index is 138. The van der Waals surface area contributed by atoms with E-state index in [1.807, 2.05) is 0 Å². The number of oxime groups is 1. The highest BCUT2D eigenvalue weighted by Gasteiger charge is 2.27. The lowest BCUT2D eigenvalue weighted by Crippen LogP contribution is -2.04. The zero-order chi connectivity index (χ0) is 6.91. The number of rotatable bonds is 0. The first-order chi connectivity index (χ1) is 4.14. The van der Waals surface area contributed by atoms with Gasteiger partial charge in [0, 0.05) is 0 Å². The SMILES string of the molecule is CC1(C)CC/C(=N\O)C1. The van der Waals surface area contributed by atoms with Gasteiger partial charge in [0.15, 0.2) is 0 Å². The number of hydrogen-bond donors (Lipinski definition) is 1. The number of nitrogens with zero attached hydrogens (tertiary/aromatic N) is 1. The summed E-state index contributed by atoms with van der Waals surface area (Å²) < 4.78 is 0. The van der Waals surface area contributed by atoms with Crippen molar-refractivity contribution in [3.8, 4) is 0 Å². The van der Waals surface area contributed by atoms with E-state index in [-0.39, 0.29) is 0 Å². The largest absolute Gasteiger partial charge is 0.411 e. The Kier molecular flexibility index (Phi) is 1.47. The molecule has 2 nitrogen and oxygen atoms in total. The van der Waals surface area contributed by atoms with E-state index in [0.29, 0.717) is 5.41 Å². The second kappa shape index (κ2) is 2.01. The summed E-state index contributed by atoms with van der Waals surface area (Å²) in [6, 6.07) is 0. The monoisotopic (exact) mass is 127 g/mol. The summed E-state index contributed by atoms with van der Waals surface area (Å²) in [5.41, 5.74) is 1.33. The van der Waals surface area contributed by atoms with E-state index >= 15 is 0 Å². The maximum absolute atomic E-state index is 8.39. The lowest BCUT2D eigenvalue weighted by atomic mass is 9.92. The molecule has 1 saturated carbocycles. The van der Waals surface area contributed by atoms with Crippen molar-refractivity contribution in [1.82, 2.24) is 0 Å². The van der Waals surface area contributed by atoms with Gasteiger partial charge in [-0.2, -0.15) is 0 Å². The van der Waals surface area contributed by atoms with Crippen molar-refractivity contribution >= 4 is 5.71 Å². The molecule has 1 N–H and O–H groups in total. The first kappa shape index (κ1) is 6.59. The van der Waals surface area contributed by atoms with Gasteiger partial charge in [0.25, 0.3) is 0 Å². The van der Waals surface area contributed by atoms with Crippen molar-refractivity contribution < 1.29 is 5.21 Å². The van der Waals surface area contributed by atoms with Gasteiger partial charge >= 0.3 is 0 Å². The molecule has 0 unspecified atom stereocenters. The van der Waals surface area contributed by atoms with Crippen molar-refractivity contribution in [3.05, 3.63) is 0 Å². The predicted octanol–water partition coefficient (Wildman–Crippen LogP) is 2.03. The molecule has 1 aliphatic rings. The summed E-state index contributed by atoms with van der Waals surface area (Å²) >= 11 is 0. The molecule has 0 aliphatic heterocycles.